The highest BCUT2D eigenvalue weighted by molar-refractivity contribution is 5.88. The molecule has 0 aliphatic rings. The zero-order chi connectivity index (χ0) is 15.7. The lowest BCUT2D eigenvalue weighted by Crippen LogP contribution is -2.10. The molecular formula is C17H17N4+. The number of benzene rings is 1. The van der Waals surface area contributed by atoms with E-state index in [1.807, 2.05) is 18.4 Å². The molecule has 0 aliphatic carbocycles. The van der Waals surface area contributed by atoms with Crippen LogP contribution in [0.25, 0.3) is 5.57 Å². The summed E-state index contributed by atoms with van der Waals surface area (Å²) in [5, 5.41) is 27.0. The highest BCUT2D eigenvalue weighted by atomic mass is 15.0. The van der Waals surface area contributed by atoms with Crippen molar-refractivity contribution in [1.29, 1.82) is 15.8 Å². The number of nitriles is 3. The lowest BCUT2D eigenvalue weighted by Gasteiger charge is -2.02. The van der Waals surface area contributed by atoms with E-state index in [4.69, 9.17) is 10.5 Å². The highest BCUT2D eigenvalue weighted by Crippen LogP contribution is 2.18. The van der Waals surface area contributed by atoms with E-state index in [-0.39, 0.29) is 0 Å². The summed E-state index contributed by atoms with van der Waals surface area (Å²) < 4.78 is 2.09. The summed E-state index contributed by atoms with van der Waals surface area (Å²) in [4.78, 5) is 0. The molecule has 21 heavy (non-hydrogen) atoms. The topological polar surface area (TPSA) is 74.4 Å². The lowest BCUT2D eigenvalue weighted by atomic mass is 9.98. The van der Waals surface area contributed by atoms with Crippen LogP contribution < -0.4 is 0 Å². The van der Waals surface area contributed by atoms with Crippen molar-refractivity contribution in [3.05, 3.63) is 41.5 Å². The van der Waals surface area contributed by atoms with Crippen molar-refractivity contribution in [1.82, 2.24) is 0 Å². The first-order valence-electron chi connectivity index (χ1n) is 6.79. The maximum atomic E-state index is 9.25. The first-order chi connectivity index (χ1) is 10.2. The summed E-state index contributed by atoms with van der Waals surface area (Å²) in [6, 6.07) is 13.0. The van der Waals surface area contributed by atoms with Crippen molar-refractivity contribution >= 4 is 11.8 Å². The summed E-state index contributed by atoms with van der Waals surface area (Å²) in [5.74, 6) is -0.768. The first-order valence-corrected chi connectivity index (χ1v) is 6.79. The number of hydrogen-bond acceptors (Lipinski definition) is 3. The Morgan fingerprint density at radius 2 is 1.67 bits per heavy atom. The smallest absolute Gasteiger partial charge is 0.164 e. The van der Waals surface area contributed by atoms with Crippen LogP contribution in [0.4, 0.5) is 0 Å². The fraction of sp³-hybridized carbons (Fsp3) is 0.294. The van der Waals surface area contributed by atoms with E-state index in [1.54, 1.807) is 30.3 Å². The van der Waals surface area contributed by atoms with Gasteiger partial charge in [0, 0.05) is 6.08 Å². The predicted molar refractivity (Wildman–Crippen MR) is 81.4 cm³/mol. The summed E-state index contributed by atoms with van der Waals surface area (Å²) in [7, 11) is 0. The van der Waals surface area contributed by atoms with Crippen molar-refractivity contribution in [2.24, 2.45) is 0 Å². The Morgan fingerprint density at radius 3 is 2.10 bits per heavy atom. The van der Waals surface area contributed by atoms with Crippen LogP contribution >= 0.6 is 0 Å². The minimum absolute atomic E-state index is 0.555. The van der Waals surface area contributed by atoms with Crippen LogP contribution in [0.5, 0.6) is 0 Å². The Morgan fingerprint density at radius 1 is 1.10 bits per heavy atom. The molecule has 0 unspecified atom stereocenters. The maximum absolute atomic E-state index is 9.25. The molecule has 0 N–H and O–H groups in total. The second-order valence-electron chi connectivity index (χ2n) is 4.38. The number of rotatable bonds is 5. The average molecular weight is 277 g/mol. The van der Waals surface area contributed by atoms with Crippen LogP contribution in [0, 0.1) is 34.0 Å². The lowest BCUT2D eigenvalue weighted by molar-refractivity contribution is -0.515. The Balaban J connectivity index is 3.08. The molecule has 0 atom stereocenters. The normalized spacial score (nSPS) is 10.4. The Hall–Kier alpha value is -2.90. The van der Waals surface area contributed by atoms with Gasteiger partial charge in [0.05, 0.1) is 23.8 Å². The summed E-state index contributed by atoms with van der Waals surface area (Å²) in [6.45, 7) is 5.88. The molecule has 0 aromatic heterocycles. The zero-order valence-electron chi connectivity index (χ0n) is 12.2. The van der Waals surface area contributed by atoms with Gasteiger partial charge in [0.15, 0.2) is 12.1 Å². The third-order valence-corrected chi connectivity index (χ3v) is 3.20. The van der Waals surface area contributed by atoms with Crippen LogP contribution in [0.3, 0.4) is 0 Å². The average Bonchev–Trinajstić information content (AvgIpc) is 2.54. The number of nitrogens with zero attached hydrogens (tertiary/aromatic N) is 4. The Bertz CT molecular complexity index is 641. The van der Waals surface area contributed by atoms with Crippen molar-refractivity contribution in [3.63, 3.8) is 0 Å². The summed E-state index contributed by atoms with van der Waals surface area (Å²) in [5.41, 5.74) is 1.98. The third kappa shape index (κ3) is 4.30. The Kier molecular flexibility index (Phi) is 6.39. The van der Waals surface area contributed by atoms with E-state index in [2.05, 4.69) is 24.5 Å². The Labute approximate surface area is 125 Å². The molecule has 1 aromatic carbocycles. The van der Waals surface area contributed by atoms with Gasteiger partial charge in [-0.1, -0.05) is 24.3 Å². The van der Waals surface area contributed by atoms with Crippen LogP contribution in [0.1, 0.15) is 30.9 Å². The SMILES string of the molecule is CC[N+](=C/C=C(\C#N)c1ccc(C(C#N)C#N)cc1)CC. The molecular weight excluding hydrogens is 260 g/mol. The maximum Gasteiger partial charge on any atom is 0.164 e. The van der Waals surface area contributed by atoms with E-state index in [9.17, 15) is 5.26 Å². The van der Waals surface area contributed by atoms with Crippen molar-refractivity contribution < 1.29 is 4.58 Å². The van der Waals surface area contributed by atoms with Gasteiger partial charge in [0.25, 0.3) is 0 Å². The van der Waals surface area contributed by atoms with E-state index >= 15 is 0 Å². The van der Waals surface area contributed by atoms with Gasteiger partial charge >= 0.3 is 0 Å². The van der Waals surface area contributed by atoms with E-state index in [1.165, 1.54) is 0 Å². The third-order valence-electron chi connectivity index (χ3n) is 3.20. The van der Waals surface area contributed by atoms with E-state index in [0.717, 1.165) is 18.7 Å². The molecule has 1 aromatic rings. The first kappa shape index (κ1) is 16.2. The van der Waals surface area contributed by atoms with Crippen molar-refractivity contribution in [2.75, 3.05) is 13.1 Å². The molecule has 1 rings (SSSR count). The molecule has 0 fully saturated rings. The van der Waals surface area contributed by atoms with Gasteiger partial charge in [-0.3, -0.25) is 0 Å². The molecule has 4 heteroatoms. The zero-order valence-corrected chi connectivity index (χ0v) is 12.2. The molecule has 0 heterocycles. The van der Waals surface area contributed by atoms with Crippen LogP contribution in [0.2, 0.25) is 0 Å². The largest absolute Gasteiger partial charge is 0.237 e. The molecule has 0 saturated carbocycles. The molecule has 0 radical (unpaired) electrons. The second kappa shape index (κ2) is 8.31. The minimum atomic E-state index is -0.768. The van der Waals surface area contributed by atoms with Gasteiger partial charge in [-0.05, 0) is 25.0 Å². The molecule has 0 spiro atoms. The molecule has 104 valence electrons. The van der Waals surface area contributed by atoms with Gasteiger partial charge in [0.1, 0.15) is 13.1 Å². The fourth-order valence-electron chi connectivity index (χ4n) is 1.85. The van der Waals surface area contributed by atoms with Gasteiger partial charge in [-0.15, -0.1) is 0 Å². The molecule has 0 amide bonds. The predicted octanol–water partition coefficient (Wildman–Crippen LogP) is 2.85. The van der Waals surface area contributed by atoms with Crippen LogP contribution in [0.15, 0.2) is 30.3 Å². The molecule has 0 bridgehead atoms. The minimum Gasteiger partial charge on any atom is -0.237 e. The van der Waals surface area contributed by atoms with Gasteiger partial charge < -0.3 is 0 Å². The van der Waals surface area contributed by atoms with Crippen molar-refractivity contribution in [3.8, 4) is 18.2 Å². The number of allylic oxidation sites excluding steroid dienone is 2. The molecule has 0 saturated heterocycles. The van der Waals surface area contributed by atoms with Gasteiger partial charge in [-0.25, -0.2) is 4.58 Å². The van der Waals surface area contributed by atoms with E-state index < -0.39 is 5.92 Å². The second-order valence-corrected chi connectivity index (χ2v) is 4.38. The fourth-order valence-corrected chi connectivity index (χ4v) is 1.85. The quantitative estimate of drug-likeness (QED) is 0.472. The van der Waals surface area contributed by atoms with Crippen molar-refractivity contribution in [2.45, 2.75) is 19.8 Å². The van der Waals surface area contributed by atoms with E-state index in [0.29, 0.717) is 11.1 Å². The van der Waals surface area contributed by atoms with Crippen LogP contribution in [-0.4, -0.2) is 23.9 Å². The van der Waals surface area contributed by atoms with Crippen LogP contribution in [-0.2, 0) is 0 Å². The highest BCUT2D eigenvalue weighted by Gasteiger charge is 2.09. The monoisotopic (exact) mass is 277 g/mol. The van der Waals surface area contributed by atoms with Gasteiger partial charge in [-0.2, -0.15) is 15.8 Å². The summed E-state index contributed by atoms with van der Waals surface area (Å²) in [6.07, 6.45) is 3.69. The van der Waals surface area contributed by atoms with Gasteiger partial charge in [0.2, 0.25) is 0 Å². The number of hydrogen-bond donors (Lipinski definition) is 0. The molecule has 4 nitrogen and oxygen atoms in total. The standard InChI is InChI=1S/C17H17N4/c1-3-21(4-2)10-9-16(11-18)14-5-7-15(8-6-14)17(12-19)13-20/h5-10,17H,3-4H2,1-2H3/q+1/b16-9+. The molecule has 0 aliphatic heterocycles. The summed E-state index contributed by atoms with van der Waals surface area (Å²) >= 11 is 0.